The maximum absolute atomic E-state index is 13.3. The van der Waals surface area contributed by atoms with Gasteiger partial charge in [0.2, 0.25) is 5.91 Å². The lowest BCUT2D eigenvalue weighted by Crippen LogP contribution is -2.39. The number of hydrogen-bond acceptors (Lipinski definition) is 5. The predicted molar refractivity (Wildman–Crippen MR) is 124 cm³/mol. The average molecular weight is 513 g/mol. The molecular formula is C23H31BrClN3O3. The Kier molecular flexibility index (Phi) is 6.94. The van der Waals surface area contributed by atoms with Gasteiger partial charge in [-0.15, -0.1) is 12.4 Å². The van der Waals surface area contributed by atoms with Gasteiger partial charge in [0.15, 0.2) is 0 Å². The first-order valence-corrected chi connectivity index (χ1v) is 12.2. The summed E-state index contributed by atoms with van der Waals surface area (Å²) in [6.45, 7) is 1.50. The van der Waals surface area contributed by atoms with Crippen LogP contribution in [0.5, 0.6) is 0 Å². The van der Waals surface area contributed by atoms with Crippen LogP contribution in [0, 0.1) is 29.1 Å². The number of ether oxygens (including phenoxy) is 1. The lowest BCUT2D eigenvalue weighted by atomic mass is 9.78. The number of amides is 1. The Morgan fingerprint density at radius 1 is 1.16 bits per heavy atom. The lowest BCUT2D eigenvalue weighted by molar-refractivity contribution is -0.155. The molecule has 3 aliphatic carbocycles. The summed E-state index contributed by atoms with van der Waals surface area (Å²) < 4.78 is 6.50. The quantitative estimate of drug-likeness (QED) is 0.438. The molecule has 3 saturated carbocycles. The summed E-state index contributed by atoms with van der Waals surface area (Å²) in [6, 6.07) is 4.09. The number of nitrogens with zero attached hydrogens (tertiary/aromatic N) is 1. The first-order chi connectivity index (χ1) is 14.6. The molecular weight excluding hydrogens is 482 g/mol. The van der Waals surface area contributed by atoms with Gasteiger partial charge in [-0.25, -0.2) is 4.98 Å². The number of pyridine rings is 1. The third-order valence-corrected chi connectivity index (χ3v) is 8.51. The zero-order chi connectivity index (χ0) is 20.7. The molecule has 1 spiro atoms. The molecule has 170 valence electrons. The third-order valence-electron chi connectivity index (χ3n) is 8.04. The first kappa shape index (κ1) is 23.0. The van der Waals surface area contributed by atoms with Crippen LogP contribution in [-0.4, -0.2) is 36.1 Å². The van der Waals surface area contributed by atoms with Gasteiger partial charge < -0.3 is 15.4 Å². The monoisotopic (exact) mass is 511 g/mol. The highest BCUT2D eigenvalue weighted by molar-refractivity contribution is 9.10. The van der Waals surface area contributed by atoms with Gasteiger partial charge >= 0.3 is 5.97 Å². The minimum atomic E-state index is -0.297. The van der Waals surface area contributed by atoms with Crippen LogP contribution in [0.3, 0.4) is 0 Å². The summed E-state index contributed by atoms with van der Waals surface area (Å²) in [7, 11) is 0. The number of nitrogens with one attached hydrogen (secondary N) is 2. The topological polar surface area (TPSA) is 80.3 Å². The first-order valence-electron chi connectivity index (χ1n) is 11.4. The fourth-order valence-corrected chi connectivity index (χ4v) is 6.80. The van der Waals surface area contributed by atoms with Crippen molar-refractivity contribution in [3.8, 4) is 0 Å². The second kappa shape index (κ2) is 9.36. The van der Waals surface area contributed by atoms with Gasteiger partial charge in [-0.3, -0.25) is 9.59 Å². The Morgan fingerprint density at radius 3 is 2.58 bits per heavy atom. The van der Waals surface area contributed by atoms with E-state index in [9.17, 15) is 9.59 Å². The van der Waals surface area contributed by atoms with Gasteiger partial charge in [-0.1, -0.05) is 6.42 Å². The number of carbonyl (C=O) groups is 2. The van der Waals surface area contributed by atoms with Crippen LogP contribution in [0.15, 0.2) is 22.9 Å². The molecule has 4 fully saturated rings. The summed E-state index contributed by atoms with van der Waals surface area (Å²) >= 11 is 3.32. The Hall–Kier alpha value is -1.18. The fraction of sp³-hybridized carbons (Fsp3) is 0.696. The molecule has 5 rings (SSSR count). The molecule has 0 aromatic carbocycles. The van der Waals surface area contributed by atoms with Crippen LogP contribution in [0.2, 0.25) is 0 Å². The van der Waals surface area contributed by atoms with Crippen molar-refractivity contribution in [1.82, 2.24) is 10.3 Å². The van der Waals surface area contributed by atoms with Crippen molar-refractivity contribution in [2.75, 3.05) is 18.5 Å². The number of aromatic nitrogens is 1. The number of hydrogen-bond donors (Lipinski definition) is 2. The molecule has 1 amide bonds. The van der Waals surface area contributed by atoms with Crippen molar-refractivity contribution in [1.29, 1.82) is 0 Å². The number of anilines is 1. The maximum Gasteiger partial charge on any atom is 0.310 e. The summed E-state index contributed by atoms with van der Waals surface area (Å²) in [5, 5.41) is 6.52. The smallest absolute Gasteiger partial charge is 0.310 e. The molecule has 4 aliphatic rings. The third kappa shape index (κ3) is 4.38. The number of rotatable bonds is 6. The van der Waals surface area contributed by atoms with E-state index in [1.165, 1.54) is 12.8 Å². The number of halogens is 2. The van der Waals surface area contributed by atoms with E-state index in [1.807, 2.05) is 12.1 Å². The van der Waals surface area contributed by atoms with E-state index in [2.05, 4.69) is 31.5 Å². The molecule has 2 heterocycles. The molecule has 2 bridgehead atoms. The second-order valence-corrected chi connectivity index (χ2v) is 10.3. The maximum atomic E-state index is 13.3. The van der Waals surface area contributed by atoms with E-state index in [4.69, 9.17) is 4.74 Å². The number of piperidine rings is 1. The molecule has 0 radical (unpaired) electrons. The van der Waals surface area contributed by atoms with Gasteiger partial charge in [-0.05, 0) is 96.8 Å². The van der Waals surface area contributed by atoms with Crippen molar-refractivity contribution in [3.05, 3.63) is 22.9 Å². The van der Waals surface area contributed by atoms with E-state index in [0.717, 1.165) is 49.7 Å². The van der Waals surface area contributed by atoms with Crippen molar-refractivity contribution in [3.63, 3.8) is 0 Å². The number of esters is 1. The van der Waals surface area contributed by atoms with E-state index < -0.39 is 0 Å². The molecule has 31 heavy (non-hydrogen) atoms. The normalized spacial score (nSPS) is 32.4. The van der Waals surface area contributed by atoms with Crippen LogP contribution in [-0.2, 0) is 14.3 Å². The Morgan fingerprint density at radius 2 is 1.94 bits per heavy atom. The van der Waals surface area contributed by atoms with E-state index >= 15 is 0 Å². The average Bonchev–Trinajstić information content (AvgIpc) is 3.42. The molecule has 8 heteroatoms. The van der Waals surface area contributed by atoms with Crippen molar-refractivity contribution >= 4 is 45.9 Å². The summed E-state index contributed by atoms with van der Waals surface area (Å²) in [6.07, 6.45) is 10.5. The zero-order valence-electron chi connectivity index (χ0n) is 17.6. The van der Waals surface area contributed by atoms with E-state index in [1.54, 1.807) is 6.20 Å². The van der Waals surface area contributed by atoms with Gasteiger partial charge in [0.25, 0.3) is 0 Å². The Labute approximate surface area is 198 Å². The second-order valence-electron chi connectivity index (χ2n) is 9.54. The molecule has 0 unspecified atom stereocenters. The van der Waals surface area contributed by atoms with Crippen LogP contribution in [0.1, 0.15) is 51.4 Å². The zero-order valence-corrected chi connectivity index (χ0v) is 20.1. The molecule has 2 N–H and O–H groups in total. The van der Waals surface area contributed by atoms with Crippen molar-refractivity contribution in [2.24, 2.45) is 29.1 Å². The molecule has 1 saturated heterocycles. The van der Waals surface area contributed by atoms with Gasteiger partial charge in [-0.2, -0.15) is 0 Å². The summed E-state index contributed by atoms with van der Waals surface area (Å²) in [4.78, 5) is 30.6. The van der Waals surface area contributed by atoms with Crippen LogP contribution < -0.4 is 10.6 Å². The fourth-order valence-electron chi connectivity index (χ4n) is 6.57. The molecule has 1 aliphatic heterocycles. The SMILES string of the molecule is Cl.O=C(OCC[C@@H]1CCCCN1)[C@H]1[C@H](C(=O)Nc2ccc(Br)nc2)[C@@H]2CC[C@H]1C21CC1. The Balaban J connectivity index is 0.00000231. The minimum Gasteiger partial charge on any atom is -0.465 e. The highest BCUT2D eigenvalue weighted by Crippen LogP contribution is 2.74. The lowest BCUT2D eigenvalue weighted by Gasteiger charge is -2.29. The standard InChI is InChI=1S/C23H30BrN3O3.ClH/c24-18-7-4-15(13-26-18)27-21(28)19-16-5-6-17(23(16)9-10-23)20(19)22(29)30-12-8-14-3-1-2-11-25-14;/h4,7,13-14,16-17,19-20,25H,1-3,5-6,8-12H2,(H,27,28);1H/t14-,16-,17+,19+,20+;/m0./s1. The molecule has 1 aromatic rings. The molecule has 6 nitrogen and oxygen atoms in total. The van der Waals surface area contributed by atoms with Crippen molar-refractivity contribution in [2.45, 2.75) is 57.4 Å². The van der Waals surface area contributed by atoms with Gasteiger partial charge in [0, 0.05) is 6.04 Å². The Bertz CT molecular complexity index is 811. The highest BCUT2D eigenvalue weighted by Gasteiger charge is 2.71. The van der Waals surface area contributed by atoms with Crippen LogP contribution in [0.25, 0.3) is 0 Å². The summed E-state index contributed by atoms with van der Waals surface area (Å²) in [5.41, 5.74) is 0.889. The summed E-state index contributed by atoms with van der Waals surface area (Å²) in [5.74, 6) is -0.166. The molecule has 5 atom stereocenters. The van der Waals surface area contributed by atoms with Crippen molar-refractivity contribution < 1.29 is 14.3 Å². The van der Waals surface area contributed by atoms with E-state index in [-0.39, 0.29) is 41.5 Å². The van der Waals surface area contributed by atoms with Gasteiger partial charge in [0.1, 0.15) is 4.60 Å². The minimum absolute atomic E-state index is 0. The predicted octanol–water partition coefficient (Wildman–Crippen LogP) is 4.33. The van der Waals surface area contributed by atoms with Crippen LogP contribution in [0.4, 0.5) is 5.69 Å². The highest BCUT2D eigenvalue weighted by atomic mass is 79.9. The molecule has 1 aromatic heterocycles. The number of carbonyl (C=O) groups excluding carboxylic acids is 2. The van der Waals surface area contributed by atoms with E-state index in [0.29, 0.717) is 30.2 Å². The van der Waals surface area contributed by atoms with Gasteiger partial charge in [0.05, 0.1) is 30.3 Å². The van der Waals surface area contributed by atoms with Crippen LogP contribution >= 0.6 is 28.3 Å². The largest absolute Gasteiger partial charge is 0.465 e.